The van der Waals surface area contributed by atoms with E-state index in [0.29, 0.717) is 22.5 Å². The Morgan fingerprint density at radius 1 is 0.941 bits per heavy atom. The first-order valence-electron chi connectivity index (χ1n) is 10.1. The number of carbonyl (C=O) groups is 1. The smallest absolute Gasteiger partial charge is 0.369 e. The molecule has 1 aromatic heterocycles. The summed E-state index contributed by atoms with van der Waals surface area (Å²) in [5.74, 6) is -0.501. The first-order chi connectivity index (χ1) is 16.2. The van der Waals surface area contributed by atoms with Crippen LogP contribution in [0.3, 0.4) is 0 Å². The van der Waals surface area contributed by atoms with E-state index in [2.05, 4.69) is 15.1 Å². The molecule has 0 spiro atoms. The highest BCUT2D eigenvalue weighted by Crippen LogP contribution is 2.34. The van der Waals surface area contributed by atoms with Crippen molar-refractivity contribution in [1.29, 1.82) is 0 Å². The number of azide groups is 1. The van der Waals surface area contributed by atoms with Crippen LogP contribution in [-0.4, -0.2) is 15.7 Å². The van der Waals surface area contributed by atoms with E-state index < -0.39 is 17.8 Å². The Kier molecular flexibility index (Phi) is 6.07. The zero-order valence-corrected chi connectivity index (χ0v) is 17.6. The molecule has 0 atom stereocenters. The van der Waals surface area contributed by atoms with Gasteiger partial charge in [0.15, 0.2) is 5.69 Å². The van der Waals surface area contributed by atoms with Crippen LogP contribution < -0.4 is 5.73 Å². The first-order valence-corrected chi connectivity index (χ1v) is 10.1. The summed E-state index contributed by atoms with van der Waals surface area (Å²) in [6, 6.07) is 21.4. The normalized spacial score (nSPS) is 11.1. The molecule has 7 nitrogen and oxygen atoms in total. The van der Waals surface area contributed by atoms with E-state index >= 15 is 0 Å². The van der Waals surface area contributed by atoms with Crippen LogP contribution >= 0.6 is 0 Å². The molecule has 4 rings (SSSR count). The minimum absolute atomic E-state index is 0.0331. The molecule has 1 heterocycles. The number of amides is 1. The number of halogens is 3. The van der Waals surface area contributed by atoms with Gasteiger partial charge in [0.2, 0.25) is 5.91 Å². The molecule has 1 amide bonds. The van der Waals surface area contributed by atoms with Gasteiger partial charge in [-0.1, -0.05) is 65.8 Å². The van der Waals surface area contributed by atoms with Crippen molar-refractivity contribution in [2.24, 2.45) is 10.8 Å². The molecule has 0 aliphatic rings. The van der Waals surface area contributed by atoms with Gasteiger partial charge < -0.3 is 5.73 Å². The maximum atomic E-state index is 13.4. The number of aromatic nitrogens is 2. The lowest BCUT2D eigenvalue weighted by Gasteiger charge is -2.10. The topological polar surface area (TPSA) is 110 Å². The molecule has 2 N–H and O–H groups in total. The van der Waals surface area contributed by atoms with Gasteiger partial charge in [-0.05, 0) is 40.4 Å². The monoisotopic (exact) mass is 462 g/mol. The summed E-state index contributed by atoms with van der Waals surface area (Å²) in [4.78, 5) is 13.9. The second kappa shape index (κ2) is 9.13. The third-order valence-corrected chi connectivity index (χ3v) is 5.10. The molecule has 0 aliphatic carbocycles. The third-order valence-electron chi connectivity index (χ3n) is 5.10. The molecule has 0 fully saturated rings. The van der Waals surface area contributed by atoms with Crippen LogP contribution in [-0.2, 0) is 17.4 Å². The summed E-state index contributed by atoms with van der Waals surface area (Å²) in [7, 11) is 0. The minimum atomic E-state index is -4.61. The minimum Gasteiger partial charge on any atom is -0.369 e. The predicted molar refractivity (Wildman–Crippen MR) is 121 cm³/mol. The van der Waals surface area contributed by atoms with E-state index in [4.69, 9.17) is 11.3 Å². The lowest BCUT2D eigenvalue weighted by atomic mass is 10.0. The fourth-order valence-electron chi connectivity index (χ4n) is 3.48. The molecule has 3 aromatic carbocycles. The van der Waals surface area contributed by atoms with Gasteiger partial charge in [-0.25, -0.2) is 4.68 Å². The van der Waals surface area contributed by atoms with Crippen molar-refractivity contribution in [1.82, 2.24) is 9.78 Å². The van der Waals surface area contributed by atoms with Crippen molar-refractivity contribution < 1.29 is 18.0 Å². The molecule has 34 heavy (non-hydrogen) atoms. The van der Waals surface area contributed by atoms with E-state index in [9.17, 15) is 18.0 Å². The number of primary amides is 1. The van der Waals surface area contributed by atoms with Gasteiger partial charge in [0.25, 0.3) is 0 Å². The number of rotatable bonds is 6. The highest BCUT2D eigenvalue weighted by Gasteiger charge is 2.35. The number of nitrogens with two attached hydrogens (primary N) is 1. The van der Waals surface area contributed by atoms with E-state index in [1.165, 1.54) is 4.68 Å². The van der Waals surface area contributed by atoms with Gasteiger partial charge in [0.1, 0.15) is 0 Å². The number of carbonyl (C=O) groups excluding carboxylic acids is 1. The fraction of sp³-hybridized carbons (Fsp3) is 0.0833. The van der Waals surface area contributed by atoms with Crippen molar-refractivity contribution in [3.05, 3.63) is 101 Å². The largest absolute Gasteiger partial charge is 0.435 e. The quantitative estimate of drug-likeness (QED) is 0.209. The van der Waals surface area contributed by atoms with Crippen LogP contribution in [0.2, 0.25) is 0 Å². The summed E-state index contributed by atoms with van der Waals surface area (Å²) < 4.78 is 41.5. The predicted octanol–water partition coefficient (Wildman–Crippen LogP) is 6.19. The summed E-state index contributed by atoms with van der Waals surface area (Å²) in [5, 5.41) is 7.32. The molecule has 0 aliphatic heterocycles. The molecule has 0 bridgehead atoms. The molecule has 170 valence electrons. The number of hydrogen-bond acceptors (Lipinski definition) is 3. The van der Waals surface area contributed by atoms with E-state index in [0.717, 1.165) is 17.2 Å². The Hall–Kier alpha value is -4.56. The second-order valence-electron chi connectivity index (χ2n) is 7.45. The van der Waals surface area contributed by atoms with Crippen molar-refractivity contribution in [2.75, 3.05) is 0 Å². The molecule has 4 aromatic rings. The Morgan fingerprint density at radius 2 is 1.50 bits per heavy atom. The molecule has 0 saturated heterocycles. The molecule has 0 radical (unpaired) electrons. The van der Waals surface area contributed by atoms with Crippen molar-refractivity contribution in [3.63, 3.8) is 0 Å². The number of nitrogens with zero attached hydrogens (tertiary/aromatic N) is 5. The van der Waals surface area contributed by atoms with Crippen molar-refractivity contribution in [2.45, 2.75) is 12.6 Å². The van der Waals surface area contributed by atoms with Crippen LogP contribution in [0.25, 0.3) is 38.5 Å². The average Bonchev–Trinajstić information content (AvgIpc) is 3.26. The lowest BCUT2D eigenvalue weighted by molar-refractivity contribution is -0.141. The number of hydrogen-bond donors (Lipinski definition) is 1. The summed E-state index contributed by atoms with van der Waals surface area (Å²) >= 11 is 0. The van der Waals surface area contributed by atoms with E-state index in [1.807, 2.05) is 0 Å². The Bertz CT molecular complexity index is 1370. The van der Waals surface area contributed by atoms with Crippen LogP contribution in [0.4, 0.5) is 18.9 Å². The standard InChI is InChI=1S/C24H17F3N6O/c25-24(26,27)22-14-21(33(31-22)20-11-1-15(2-12-20)13-23(28)34)18-5-3-16(4-6-18)17-7-9-19(10-8-17)30-32-29/h1-12,14H,13H2,(H2,28,34). The Labute approximate surface area is 191 Å². The molecular weight excluding hydrogens is 445 g/mol. The zero-order valence-electron chi connectivity index (χ0n) is 17.6. The Morgan fingerprint density at radius 3 is 2.03 bits per heavy atom. The van der Waals surface area contributed by atoms with E-state index in [-0.39, 0.29) is 12.1 Å². The fourth-order valence-corrected chi connectivity index (χ4v) is 3.48. The van der Waals surface area contributed by atoms with Gasteiger partial charge in [0.05, 0.1) is 17.8 Å². The maximum absolute atomic E-state index is 13.4. The first kappa shape index (κ1) is 22.6. The van der Waals surface area contributed by atoms with E-state index in [1.54, 1.807) is 72.8 Å². The van der Waals surface area contributed by atoms with Crippen LogP contribution in [0.5, 0.6) is 0 Å². The van der Waals surface area contributed by atoms with Gasteiger partial charge >= 0.3 is 6.18 Å². The lowest BCUT2D eigenvalue weighted by Crippen LogP contribution is -2.13. The van der Waals surface area contributed by atoms with Gasteiger partial charge in [-0.3, -0.25) is 4.79 Å². The molecule has 0 saturated carbocycles. The molecular formula is C24H17F3N6O. The summed E-state index contributed by atoms with van der Waals surface area (Å²) in [6.45, 7) is 0. The van der Waals surface area contributed by atoms with Crippen LogP contribution in [0.1, 0.15) is 11.3 Å². The number of alkyl halides is 3. The molecule has 10 heteroatoms. The highest BCUT2D eigenvalue weighted by atomic mass is 19.4. The van der Waals surface area contributed by atoms with Crippen molar-refractivity contribution >= 4 is 11.6 Å². The van der Waals surface area contributed by atoms with Crippen molar-refractivity contribution in [3.8, 4) is 28.1 Å². The third kappa shape index (κ3) is 4.92. The van der Waals surface area contributed by atoms with Crippen LogP contribution in [0.15, 0.2) is 84.0 Å². The highest BCUT2D eigenvalue weighted by molar-refractivity contribution is 5.76. The molecule has 0 unspecified atom stereocenters. The van der Waals surface area contributed by atoms with Gasteiger partial charge in [-0.2, -0.15) is 18.3 Å². The summed E-state index contributed by atoms with van der Waals surface area (Å²) in [5.41, 5.74) is 16.7. The van der Waals surface area contributed by atoms with Crippen LogP contribution in [0, 0.1) is 0 Å². The van der Waals surface area contributed by atoms with Gasteiger partial charge in [-0.15, -0.1) is 0 Å². The second-order valence-corrected chi connectivity index (χ2v) is 7.45. The SMILES string of the molecule is [N-]=[N+]=Nc1ccc(-c2ccc(-c3cc(C(F)(F)F)nn3-c3ccc(CC(N)=O)cc3)cc2)cc1. The summed E-state index contributed by atoms with van der Waals surface area (Å²) in [6.07, 6.45) is -4.58. The average molecular weight is 462 g/mol. The number of benzene rings is 3. The van der Waals surface area contributed by atoms with Gasteiger partial charge in [0, 0.05) is 16.2 Å². The zero-order chi connectivity index (χ0) is 24.3. The Balaban J connectivity index is 1.71. The maximum Gasteiger partial charge on any atom is 0.435 e.